The van der Waals surface area contributed by atoms with Crippen molar-refractivity contribution in [3.63, 3.8) is 0 Å². The van der Waals surface area contributed by atoms with Gasteiger partial charge in [-0.2, -0.15) is 0 Å². The summed E-state index contributed by atoms with van der Waals surface area (Å²) in [6.07, 6.45) is 0. The van der Waals surface area contributed by atoms with Gasteiger partial charge in [-0.15, -0.1) is 0 Å². The van der Waals surface area contributed by atoms with Crippen LogP contribution in [0.25, 0.3) is 60.4 Å². The van der Waals surface area contributed by atoms with Gasteiger partial charge in [0.1, 0.15) is 5.82 Å². The summed E-state index contributed by atoms with van der Waals surface area (Å²) in [5, 5.41) is 7.29. The second kappa shape index (κ2) is 10.8. The molecule has 0 bridgehead atoms. The normalized spacial score (nSPS) is 11.5. The SMILES string of the molecule is c1ccc2cc(N(c3ccc(-c4nc5ccccc5n4-c4cccc5ccccc45)cc3)c3ccc4ccccc4c3)ccc2c1. The predicted octanol–water partition coefficient (Wildman–Crippen LogP) is 11.6. The zero-order valence-corrected chi connectivity index (χ0v) is 25.1. The van der Waals surface area contributed by atoms with Crippen molar-refractivity contribution in [2.75, 3.05) is 4.90 Å². The summed E-state index contributed by atoms with van der Waals surface area (Å²) >= 11 is 0. The topological polar surface area (TPSA) is 21.1 Å². The van der Waals surface area contributed by atoms with Crippen LogP contribution >= 0.6 is 0 Å². The second-order valence-corrected chi connectivity index (χ2v) is 11.7. The van der Waals surface area contributed by atoms with Crippen LogP contribution in [0.5, 0.6) is 0 Å². The number of nitrogens with zero attached hydrogens (tertiary/aromatic N) is 3. The van der Waals surface area contributed by atoms with Gasteiger partial charge in [-0.3, -0.25) is 4.57 Å². The number of benzene rings is 8. The molecular formula is C43H29N3. The average Bonchev–Trinajstić information content (AvgIpc) is 3.51. The molecular weight excluding hydrogens is 558 g/mol. The fourth-order valence-corrected chi connectivity index (χ4v) is 6.71. The smallest absolute Gasteiger partial charge is 0.145 e. The number of aromatic nitrogens is 2. The first-order valence-electron chi connectivity index (χ1n) is 15.6. The number of imidazole rings is 1. The third-order valence-corrected chi connectivity index (χ3v) is 8.93. The van der Waals surface area contributed by atoms with Gasteiger partial charge < -0.3 is 4.90 Å². The van der Waals surface area contributed by atoms with Gasteiger partial charge >= 0.3 is 0 Å². The van der Waals surface area contributed by atoms with E-state index < -0.39 is 0 Å². The van der Waals surface area contributed by atoms with Crippen molar-refractivity contribution in [1.82, 2.24) is 9.55 Å². The van der Waals surface area contributed by atoms with E-state index in [-0.39, 0.29) is 0 Å². The Labute approximate surface area is 267 Å². The highest BCUT2D eigenvalue weighted by Gasteiger charge is 2.18. The number of anilines is 3. The molecule has 0 aliphatic carbocycles. The lowest BCUT2D eigenvalue weighted by Gasteiger charge is -2.26. The van der Waals surface area contributed by atoms with Crippen LogP contribution in [0.2, 0.25) is 0 Å². The van der Waals surface area contributed by atoms with Crippen molar-refractivity contribution in [1.29, 1.82) is 0 Å². The number of hydrogen-bond acceptors (Lipinski definition) is 2. The molecule has 3 nitrogen and oxygen atoms in total. The van der Waals surface area contributed by atoms with Crippen LogP contribution in [0.3, 0.4) is 0 Å². The van der Waals surface area contributed by atoms with Crippen LogP contribution in [-0.2, 0) is 0 Å². The maximum absolute atomic E-state index is 5.17. The molecule has 1 aromatic heterocycles. The van der Waals surface area contributed by atoms with Crippen LogP contribution in [0.4, 0.5) is 17.1 Å². The Morgan fingerprint density at radius 3 is 1.65 bits per heavy atom. The molecule has 216 valence electrons. The van der Waals surface area contributed by atoms with Gasteiger partial charge in [0.05, 0.1) is 16.7 Å². The zero-order valence-electron chi connectivity index (χ0n) is 25.1. The van der Waals surface area contributed by atoms with Crippen molar-refractivity contribution in [2.45, 2.75) is 0 Å². The van der Waals surface area contributed by atoms with E-state index in [9.17, 15) is 0 Å². The Hall–Kier alpha value is -6.19. The molecule has 9 rings (SSSR count). The van der Waals surface area contributed by atoms with Gasteiger partial charge in [-0.25, -0.2) is 4.98 Å². The summed E-state index contributed by atoms with van der Waals surface area (Å²) in [4.78, 5) is 7.52. The first-order valence-corrected chi connectivity index (χ1v) is 15.6. The van der Waals surface area contributed by atoms with E-state index >= 15 is 0 Å². The second-order valence-electron chi connectivity index (χ2n) is 11.7. The van der Waals surface area contributed by atoms with Gasteiger partial charge in [0, 0.05) is 28.0 Å². The van der Waals surface area contributed by atoms with E-state index in [1.54, 1.807) is 0 Å². The highest BCUT2D eigenvalue weighted by atomic mass is 15.1. The van der Waals surface area contributed by atoms with Crippen LogP contribution in [0, 0.1) is 0 Å². The van der Waals surface area contributed by atoms with Crippen LogP contribution < -0.4 is 4.90 Å². The van der Waals surface area contributed by atoms with E-state index in [0.717, 1.165) is 45.2 Å². The fourth-order valence-electron chi connectivity index (χ4n) is 6.71. The van der Waals surface area contributed by atoms with Crippen LogP contribution in [-0.4, -0.2) is 9.55 Å². The monoisotopic (exact) mass is 587 g/mol. The van der Waals surface area contributed by atoms with Crippen LogP contribution in [0.15, 0.2) is 176 Å². The molecule has 0 unspecified atom stereocenters. The Kier molecular flexibility index (Phi) is 6.14. The largest absolute Gasteiger partial charge is 0.310 e. The molecule has 8 aromatic carbocycles. The predicted molar refractivity (Wildman–Crippen MR) is 194 cm³/mol. The Morgan fingerprint density at radius 2 is 0.957 bits per heavy atom. The average molecular weight is 588 g/mol. The molecule has 3 heteroatoms. The minimum Gasteiger partial charge on any atom is -0.310 e. The lowest BCUT2D eigenvalue weighted by atomic mass is 10.1. The minimum absolute atomic E-state index is 0.923. The van der Waals surface area contributed by atoms with E-state index in [1.165, 1.54) is 32.3 Å². The Morgan fingerprint density at radius 1 is 0.413 bits per heavy atom. The molecule has 0 spiro atoms. The van der Waals surface area contributed by atoms with Gasteiger partial charge in [0.25, 0.3) is 0 Å². The molecule has 1 heterocycles. The first kappa shape index (κ1) is 26.2. The molecule has 0 aliphatic heterocycles. The summed E-state index contributed by atoms with van der Waals surface area (Å²) in [6, 6.07) is 62.7. The summed E-state index contributed by atoms with van der Waals surface area (Å²) in [7, 11) is 0. The third kappa shape index (κ3) is 4.41. The quantitative estimate of drug-likeness (QED) is 0.200. The molecule has 0 radical (unpaired) electrons. The number of para-hydroxylation sites is 2. The minimum atomic E-state index is 0.923. The molecule has 0 saturated heterocycles. The molecule has 0 fully saturated rings. The highest BCUT2D eigenvalue weighted by Crippen LogP contribution is 2.39. The van der Waals surface area contributed by atoms with E-state index in [2.05, 4.69) is 185 Å². The molecule has 9 aromatic rings. The van der Waals surface area contributed by atoms with Gasteiger partial charge in [-0.05, 0) is 93.7 Å². The molecule has 46 heavy (non-hydrogen) atoms. The standard InChI is InChI=1S/C43H29N3/c1-3-13-34-28-37(26-20-30(34)10-1)45(38-27-21-31-11-2-4-14-35(31)29-38)36-24-22-33(23-25-36)43-44-40-17-7-8-18-42(40)46(43)41-19-9-15-32-12-5-6-16-39(32)41/h1-29H. The molecule has 0 atom stereocenters. The first-order chi connectivity index (χ1) is 22.8. The molecule has 0 amide bonds. The van der Waals surface area contributed by atoms with E-state index in [4.69, 9.17) is 4.98 Å². The maximum Gasteiger partial charge on any atom is 0.145 e. The van der Waals surface area contributed by atoms with Gasteiger partial charge in [0.2, 0.25) is 0 Å². The molecule has 0 N–H and O–H groups in total. The summed E-state index contributed by atoms with van der Waals surface area (Å²) in [6.45, 7) is 0. The Bertz CT molecular complexity index is 2460. The molecule has 0 aliphatic rings. The highest BCUT2D eigenvalue weighted by molar-refractivity contribution is 5.95. The van der Waals surface area contributed by atoms with Crippen molar-refractivity contribution < 1.29 is 0 Å². The zero-order chi connectivity index (χ0) is 30.5. The van der Waals surface area contributed by atoms with Gasteiger partial charge in [0.15, 0.2) is 0 Å². The van der Waals surface area contributed by atoms with E-state index in [0.29, 0.717) is 0 Å². The lowest BCUT2D eigenvalue weighted by molar-refractivity contribution is 1.11. The summed E-state index contributed by atoms with van der Waals surface area (Å²) < 4.78 is 2.30. The molecule has 0 saturated carbocycles. The number of rotatable bonds is 5. The van der Waals surface area contributed by atoms with Crippen molar-refractivity contribution >= 4 is 60.4 Å². The van der Waals surface area contributed by atoms with Crippen LogP contribution in [0.1, 0.15) is 0 Å². The Balaban J connectivity index is 1.21. The summed E-state index contributed by atoms with van der Waals surface area (Å²) in [5.74, 6) is 0.923. The van der Waals surface area contributed by atoms with Crippen molar-refractivity contribution in [3.05, 3.63) is 176 Å². The number of fused-ring (bicyclic) bond motifs is 4. The summed E-state index contributed by atoms with van der Waals surface area (Å²) in [5.41, 5.74) is 7.57. The van der Waals surface area contributed by atoms with Crippen molar-refractivity contribution in [2.24, 2.45) is 0 Å². The van der Waals surface area contributed by atoms with E-state index in [1.807, 2.05) is 0 Å². The number of hydrogen-bond donors (Lipinski definition) is 0. The van der Waals surface area contributed by atoms with Crippen molar-refractivity contribution in [3.8, 4) is 17.1 Å². The lowest BCUT2D eigenvalue weighted by Crippen LogP contribution is -2.10. The van der Waals surface area contributed by atoms with Gasteiger partial charge in [-0.1, -0.05) is 109 Å². The maximum atomic E-state index is 5.17. The fraction of sp³-hybridized carbons (Fsp3) is 0. The third-order valence-electron chi connectivity index (χ3n) is 8.93.